The molecule has 1 N–H and O–H groups in total. The molecule has 0 saturated carbocycles. The number of nitrogens with zero attached hydrogens (tertiary/aromatic N) is 3. The Balaban J connectivity index is 1.35. The highest BCUT2D eigenvalue weighted by Gasteiger charge is 2.23. The van der Waals surface area contributed by atoms with Crippen molar-refractivity contribution in [3.8, 4) is 17.2 Å². The predicted molar refractivity (Wildman–Crippen MR) is 146 cm³/mol. The molecule has 1 saturated heterocycles. The molecule has 2 aliphatic rings. The number of carbonyl (C=O) groups excluding carboxylic acids is 1. The Morgan fingerprint density at radius 1 is 1.26 bits per heavy atom. The van der Waals surface area contributed by atoms with E-state index in [4.69, 9.17) is 4.74 Å². The Hall–Kier alpha value is -4.28. The van der Waals surface area contributed by atoms with Crippen LogP contribution >= 0.6 is 0 Å². The molecule has 1 aromatic heterocycles. The summed E-state index contributed by atoms with van der Waals surface area (Å²) >= 11 is 0. The van der Waals surface area contributed by atoms with Gasteiger partial charge >= 0.3 is 0 Å². The highest BCUT2D eigenvalue weighted by molar-refractivity contribution is 5.94. The van der Waals surface area contributed by atoms with Crippen LogP contribution in [0, 0.1) is 17.1 Å². The number of ether oxygens (including phenoxy) is 1. The van der Waals surface area contributed by atoms with E-state index >= 15 is 4.39 Å². The molecule has 2 aromatic carbocycles. The molecule has 1 unspecified atom stereocenters. The minimum absolute atomic E-state index is 0.237. The molecule has 1 fully saturated rings. The van der Waals surface area contributed by atoms with E-state index < -0.39 is 0 Å². The number of pyridine rings is 1. The average Bonchev–Trinajstić information content (AvgIpc) is 2.91. The molecule has 0 aliphatic carbocycles. The van der Waals surface area contributed by atoms with Crippen molar-refractivity contribution >= 4 is 23.9 Å². The van der Waals surface area contributed by atoms with Crippen LogP contribution in [0.15, 0.2) is 60.8 Å². The van der Waals surface area contributed by atoms with Crippen LogP contribution in [-0.2, 0) is 11.3 Å². The second kappa shape index (κ2) is 11.0. The lowest BCUT2D eigenvalue weighted by atomic mass is 9.92. The summed E-state index contributed by atoms with van der Waals surface area (Å²) in [5.41, 5.74) is 4.24. The number of rotatable bonds is 6. The molecule has 7 heteroatoms. The number of amides is 1. The summed E-state index contributed by atoms with van der Waals surface area (Å²) in [5.74, 6) is -0.530. The van der Waals surface area contributed by atoms with Gasteiger partial charge in [0.05, 0.1) is 25.2 Å². The van der Waals surface area contributed by atoms with Crippen LogP contribution in [0.2, 0.25) is 0 Å². The third-order valence-electron chi connectivity index (χ3n) is 7.05. The summed E-state index contributed by atoms with van der Waals surface area (Å²) < 4.78 is 20.8. The van der Waals surface area contributed by atoms with Crippen molar-refractivity contribution in [1.82, 2.24) is 10.3 Å². The zero-order valence-electron chi connectivity index (χ0n) is 21.3. The summed E-state index contributed by atoms with van der Waals surface area (Å²) in [6.07, 6.45) is 6.59. The maximum absolute atomic E-state index is 15.3. The van der Waals surface area contributed by atoms with E-state index in [1.807, 2.05) is 48.2 Å². The topological polar surface area (TPSA) is 78.3 Å². The van der Waals surface area contributed by atoms with Crippen LogP contribution in [0.4, 0.5) is 10.2 Å². The van der Waals surface area contributed by atoms with E-state index in [1.54, 1.807) is 24.4 Å². The molecule has 38 heavy (non-hydrogen) atoms. The first-order chi connectivity index (χ1) is 18.5. The molecule has 6 nitrogen and oxygen atoms in total. The van der Waals surface area contributed by atoms with Crippen LogP contribution in [0.25, 0.3) is 23.3 Å². The van der Waals surface area contributed by atoms with Gasteiger partial charge in [0.25, 0.3) is 5.91 Å². The number of fused-ring (bicyclic) bond motifs is 1. The van der Waals surface area contributed by atoms with Crippen molar-refractivity contribution in [2.24, 2.45) is 0 Å². The zero-order chi connectivity index (χ0) is 26.6. The molecule has 0 radical (unpaired) electrons. The Morgan fingerprint density at radius 3 is 2.84 bits per heavy atom. The van der Waals surface area contributed by atoms with Gasteiger partial charge in [-0.15, -0.1) is 0 Å². The smallest absolute Gasteiger partial charge is 0.251 e. The zero-order valence-corrected chi connectivity index (χ0v) is 21.3. The molecule has 0 spiro atoms. The van der Waals surface area contributed by atoms with Gasteiger partial charge in [-0.3, -0.25) is 4.79 Å². The minimum Gasteiger partial charge on any atom is -0.375 e. The minimum atomic E-state index is -0.377. The highest BCUT2D eigenvalue weighted by atomic mass is 19.1. The van der Waals surface area contributed by atoms with E-state index in [9.17, 15) is 10.1 Å². The number of aromatic nitrogens is 1. The Bertz CT molecular complexity index is 1570. The number of nitriles is 1. The van der Waals surface area contributed by atoms with Crippen LogP contribution < -0.4 is 20.7 Å². The fraction of sp³-hybridized carbons (Fsp3) is 0.258. The van der Waals surface area contributed by atoms with E-state index in [0.29, 0.717) is 35.7 Å². The first-order valence-corrected chi connectivity index (χ1v) is 12.7. The highest BCUT2D eigenvalue weighted by Crippen LogP contribution is 2.29. The van der Waals surface area contributed by atoms with Gasteiger partial charge in [-0.1, -0.05) is 30.9 Å². The third kappa shape index (κ3) is 5.09. The summed E-state index contributed by atoms with van der Waals surface area (Å²) in [5, 5.41) is 14.2. The quantitative estimate of drug-likeness (QED) is 0.548. The fourth-order valence-corrected chi connectivity index (χ4v) is 4.78. The molecular formula is C31H29FN4O2. The average molecular weight is 509 g/mol. The number of benzene rings is 2. The number of hydrogen-bond donors (Lipinski definition) is 1. The van der Waals surface area contributed by atoms with Crippen molar-refractivity contribution in [3.63, 3.8) is 0 Å². The van der Waals surface area contributed by atoms with Crippen LogP contribution in [0.5, 0.6) is 0 Å². The summed E-state index contributed by atoms with van der Waals surface area (Å²) in [7, 11) is 0. The van der Waals surface area contributed by atoms with Gasteiger partial charge in [0, 0.05) is 37.0 Å². The van der Waals surface area contributed by atoms with Gasteiger partial charge in [-0.2, -0.15) is 5.26 Å². The Labute approximate surface area is 221 Å². The molecular weight excluding hydrogens is 479 g/mol. The van der Waals surface area contributed by atoms with Crippen molar-refractivity contribution in [2.75, 3.05) is 31.1 Å². The van der Waals surface area contributed by atoms with E-state index in [-0.39, 0.29) is 24.2 Å². The normalized spacial score (nSPS) is 17.4. The largest absolute Gasteiger partial charge is 0.375 e. The molecule has 192 valence electrons. The summed E-state index contributed by atoms with van der Waals surface area (Å²) in [6.45, 7) is 8.74. The van der Waals surface area contributed by atoms with Gasteiger partial charge in [0.2, 0.25) is 0 Å². The standard InChI is InChI=1S/C31H29FN4O2/c1-3-21-5-6-22(27-9-10-34-30(29(27)32)36-11-4-12-36)14-25(21)13-20(2)17-35-31(37)23-7-8-24-18-38-19-26(16-33)28(24)15-23/h3,5-10,13-15,26H,2,4,11-12,17-19H2,1H3,(H,35,37)/b21-3-,25-13-. The first-order valence-electron chi connectivity index (χ1n) is 12.7. The van der Waals surface area contributed by atoms with E-state index in [0.717, 1.165) is 46.6 Å². The number of anilines is 1. The lowest BCUT2D eigenvalue weighted by Crippen LogP contribution is -2.38. The van der Waals surface area contributed by atoms with E-state index in [2.05, 4.69) is 22.9 Å². The maximum Gasteiger partial charge on any atom is 0.251 e. The summed E-state index contributed by atoms with van der Waals surface area (Å²) in [6, 6.07) is 15.1. The molecule has 3 aromatic rings. The molecule has 1 atom stereocenters. The number of carbonyl (C=O) groups is 1. The van der Waals surface area contributed by atoms with E-state index in [1.165, 1.54) is 0 Å². The molecule has 0 bridgehead atoms. The molecule has 5 rings (SSSR count). The number of halogens is 1. The van der Waals surface area contributed by atoms with Crippen molar-refractivity contribution in [3.05, 3.63) is 93.8 Å². The predicted octanol–water partition coefficient (Wildman–Crippen LogP) is 3.80. The van der Waals surface area contributed by atoms with Crippen LogP contribution in [0.1, 0.15) is 40.7 Å². The van der Waals surface area contributed by atoms with Gasteiger partial charge in [0.15, 0.2) is 11.6 Å². The number of nitrogens with one attached hydrogen (secondary N) is 1. The lowest BCUT2D eigenvalue weighted by molar-refractivity contribution is 0.0952. The van der Waals surface area contributed by atoms with Gasteiger partial charge in [-0.25, -0.2) is 9.37 Å². The monoisotopic (exact) mass is 508 g/mol. The van der Waals surface area contributed by atoms with Gasteiger partial charge in [0.1, 0.15) is 0 Å². The molecule has 3 heterocycles. The van der Waals surface area contributed by atoms with Crippen molar-refractivity contribution in [1.29, 1.82) is 5.26 Å². The Kier molecular flexibility index (Phi) is 7.34. The lowest BCUT2D eigenvalue weighted by Gasteiger charge is -2.32. The second-order valence-electron chi connectivity index (χ2n) is 9.56. The Morgan fingerprint density at radius 2 is 2.11 bits per heavy atom. The SMILES string of the molecule is C=C(/C=c1/cc(-c2ccnc(N3CCC3)c2F)cc/c1=C/C)CNC(=O)c1ccc2c(c1)C(C#N)COC2. The summed E-state index contributed by atoms with van der Waals surface area (Å²) in [4.78, 5) is 19.1. The van der Waals surface area contributed by atoms with Gasteiger partial charge < -0.3 is 15.0 Å². The molecule has 2 aliphatic heterocycles. The van der Waals surface area contributed by atoms with Gasteiger partial charge in [-0.05, 0) is 76.4 Å². The van der Waals surface area contributed by atoms with Crippen LogP contribution in [-0.4, -0.2) is 37.1 Å². The number of hydrogen-bond acceptors (Lipinski definition) is 5. The third-order valence-corrected chi connectivity index (χ3v) is 7.05. The molecule has 1 amide bonds. The van der Waals surface area contributed by atoms with Crippen LogP contribution in [0.3, 0.4) is 0 Å². The maximum atomic E-state index is 15.3. The van der Waals surface area contributed by atoms with Crippen molar-refractivity contribution in [2.45, 2.75) is 25.9 Å². The van der Waals surface area contributed by atoms with Crippen molar-refractivity contribution < 1.29 is 13.9 Å². The second-order valence-corrected chi connectivity index (χ2v) is 9.56. The first kappa shape index (κ1) is 25.4. The fourth-order valence-electron chi connectivity index (χ4n) is 4.78.